The number of carbonyl (C=O) groups is 2. The van der Waals surface area contributed by atoms with Crippen molar-refractivity contribution in [3.63, 3.8) is 0 Å². The minimum absolute atomic E-state index is 0.142. The number of amides is 1. The molecule has 28 heavy (non-hydrogen) atoms. The maximum atomic E-state index is 12.1. The van der Waals surface area contributed by atoms with Gasteiger partial charge in [-0.3, -0.25) is 9.69 Å². The monoisotopic (exact) mass is 421 g/mol. The highest BCUT2D eigenvalue weighted by Gasteiger charge is 2.45. The topological polar surface area (TPSA) is 91.8 Å². The SMILES string of the molecule is O=C(N[C@@H]1CN(Cc2nccs2)[C@@H]2CCCO[C@@H]21)C1CC1.O=C(O)C(F)(F)F. The number of hydrogen-bond donors (Lipinski definition) is 2. The van der Waals surface area contributed by atoms with Crippen molar-refractivity contribution in [3.05, 3.63) is 16.6 Å². The van der Waals surface area contributed by atoms with Crippen LogP contribution < -0.4 is 5.32 Å². The van der Waals surface area contributed by atoms with Crippen molar-refractivity contribution in [1.82, 2.24) is 15.2 Å². The van der Waals surface area contributed by atoms with E-state index in [2.05, 4.69) is 15.2 Å². The number of halogens is 3. The maximum absolute atomic E-state index is 12.1. The highest BCUT2D eigenvalue weighted by Crippen LogP contribution is 2.33. The van der Waals surface area contributed by atoms with Crippen molar-refractivity contribution in [1.29, 1.82) is 0 Å². The van der Waals surface area contributed by atoms with E-state index in [0.29, 0.717) is 6.04 Å². The zero-order valence-corrected chi connectivity index (χ0v) is 15.8. The molecule has 156 valence electrons. The summed E-state index contributed by atoms with van der Waals surface area (Å²) in [4.78, 5) is 27.8. The molecule has 2 N–H and O–H groups in total. The van der Waals surface area contributed by atoms with Crippen LogP contribution in [0, 0.1) is 5.92 Å². The van der Waals surface area contributed by atoms with Gasteiger partial charge in [0.05, 0.1) is 18.7 Å². The number of hydrogen-bond acceptors (Lipinski definition) is 6. The van der Waals surface area contributed by atoms with Gasteiger partial charge in [0.2, 0.25) is 5.91 Å². The Morgan fingerprint density at radius 1 is 1.36 bits per heavy atom. The van der Waals surface area contributed by atoms with Gasteiger partial charge in [0.25, 0.3) is 0 Å². The first-order valence-corrected chi connectivity index (χ1v) is 9.98. The average Bonchev–Trinajstić information content (AvgIpc) is 3.28. The van der Waals surface area contributed by atoms with Gasteiger partial charge in [-0.1, -0.05) is 0 Å². The summed E-state index contributed by atoms with van der Waals surface area (Å²) in [6, 6.07) is 0.565. The van der Waals surface area contributed by atoms with Crippen molar-refractivity contribution >= 4 is 23.2 Å². The minimum Gasteiger partial charge on any atom is -0.475 e. The molecule has 2 saturated heterocycles. The van der Waals surface area contributed by atoms with E-state index in [-0.39, 0.29) is 24.0 Å². The lowest BCUT2D eigenvalue weighted by Crippen LogP contribution is -2.48. The molecule has 1 saturated carbocycles. The van der Waals surface area contributed by atoms with Gasteiger partial charge in [-0.2, -0.15) is 13.2 Å². The molecule has 3 fully saturated rings. The molecule has 3 heterocycles. The summed E-state index contributed by atoms with van der Waals surface area (Å²) in [6.45, 7) is 2.58. The van der Waals surface area contributed by atoms with E-state index in [9.17, 15) is 18.0 Å². The van der Waals surface area contributed by atoms with Gasteiger partial charge in [-0.05, 0) is 25.7 Å². The van der Waals surface area contributed by atoms with E-state index >= 15 is 0 Å². The summed E-state index contributed by atoms with van der Waals surface area (Å²) in [5.41, 5.74) is 0. The Bertz CT molecular complexity index is 682. The van der Waals surface area contributed by atoms with Gasteiger partial charge >= 0.3 is 12.1 Å². The summed E-state index contributed by atoms with van der Waals surface area (Å²) < 4.78 is 37.7. The third-order valence-corrected chi connectivity index (χ3v) is 5.74. The van der Waals surface area contributed by atoms with Crippen LogP contribution in [-0.4, -0.2) is 64.4 Å². The fraction of sp³-hybridized carbons (Fsp3) is 0.706. The molecule has 0 aromatic carbocycles. The predicted molar refractivity (Wildman–Crippen MR) is 93.6 cm³/mol. The van der Waals surface area contributed by atoms with E-state index < -0.39 is 12.1 Å². The van der Waals surface area contributed by atoms with Crippen molar-refractivity contribution in [3.8, 4) is 0 Å². The molecule has 3 atom stereocenters. The van der Waals surface area contributed by atoms with Gasteiger partial charge in [-0.25, -0.2) is 9.78 Å². The fourth-order valence-electron chi connectivity index (χ4n) is 3.51. The third kappa shape index (κ3) is 5.42. The summed E-state index contributed by atoms with van der Waals surface area (Å²) in [6.07, 6.45) is 1.30. The summed E-state index contributed by atoms with van der Waals surface area (Å²) in [5.74, 6) is -2.27. The number of rotatable bonds is 4. The normalized spacial score (nSPS) is 27.5. The minimum atomic E-state index is -5.08. The van der Waals surface area contributed by atoms with Gasteiger partial charge in [0, 0.05) is 36.7 Å². The van der Waals surface area contributed by atoms with E-state index in [0.717, 1.165) is 50.4 Å². The van der Waals surface area contributed by atoms with Crippen molar-refractivity contribution in [2.45, 2.75) is 56.6 Å². The smallest absolute Gasteiger partial charge is 0.475 e. The Labute approximate surface area is 163 Å². The number of alkyl halides is 3. The number of fused-ring (bicyclic) bond motifs is 1. The average molecular weight is 421 g/mol. The van der Waals surface area contributed by atoms with Gasteiger partial charge in [0.15, 0.2) is 0 Å². The van der Waals surface area contributed by atoms with Gasteiger partial charge in [0.1, 0.15) is 5.01 Å². The lowest BCUT2D eigenvalue weighted by Gasteiger charge is -2.32. The van der Waals surface area contributed by atoms with E-state index in [1.807, 2.05) is 11.6 Å². The Kier molecular flexibility index (Phi) is 6.56. The van der Waals surface area contributed by atoms with E-state index in [1.165, 1.54) is 0 Å². The van der Waals surface area contributed by atoms with Crippen LogP contribution in [0.4, 0.5) is 13.2 Å². The van der Waals surface area contributed by atoms with E-state index in [4.69, 9.17) is 14.6 Å². The molecule has 1 aliphatic carbocycles. The van der Waals surface area contributed by atoms with Crippen molar-refractivity contribution in [2.24, 2.45) is 5.92 Å². The lowest BCUT2D eigenvalue weighted by atomic mass is 10.0. The first-order chi connectivity index (χ1) is 13.3. The van der Waals surface area contributed by atoms with Crippen molar-refractivity contribution in [2.75, 3.05) is 13.2 Å². The number of nitrogens with zero attached hydrogens (tertiary/aromatic N) is 2. The van der Waals surface area contributed by atoms with Crippen LogP contribution in [0.3, 0.4) is 0 Å². The molecular weight excluding hydrogens is 399 g/mol. The van der Waals surface area contributed by atoms with Gasteiger partial charge < -0.3 is 15.2 Å². The van der Waals surface area contributed by atoms with Crippen LogP contribution >= 0.6 is 11.3 Å². The quantitative estimate of drug-likeness (QED) is 0.773. The summed E-state index contributed by atoms with van der Waals surface area (Å²) >= 11 is 1.70. The first kappa shape index (κ1) is 21.0. The second-order valence-corrected chi connectivity index (χ2v) is 8.07. The molecule has 1 aromatic rings. The molecule has 1 amide bonds. The predicted octanol–water partition coefficient (Wildman–Crippen LogP) is 2.03. The molecule has 2 aliphatic heterocycles. The van der Waals surface area contributed by atoms with Crippen LogP contribution in [0.15, 0.2) is 11.6 Å². The third-order valence-electron chi connectivity index (χ3n) is 4.97. The largest absolute Gasteiger partial charge is 0.490 e. The molecule has 0 bridgehead atoms. The molecule has 1 aromatic heterocycles. The summed E-state index contributed by atoms with van der Waals surface area (Å²) in [5, 5.41) is 13.5. The number of ether oxygens (including phenoxy) is 1. The number of carboxylic acids is 1. The second kappa shape index (κ2) is 8.75. The second-order valence-electron chi connectivity index (χ2n) is 7.09. The van der Waals surface area contributed by atoms with Gasteiger partial charge in [-0.15, -0.1) is 11.3 Å². The first-order valence-electron chi connectivity index (χ1n) is 9.10. The number of carboxylic acid groups (broad SMARTS) is 1. The number of likely N-dealkylation sites (tertiary alicyclic amines) is 1. The number of carbonyl (C=O) groups excluding carboxylic acids is 1. The molecular formula is C17H22F3N3O4S. The highest BCUT2D eigenvalue weighted by atomic mass is 32.1. The van der Waals surface area contributed by atoms with Crippen LogP contribution in [0.2, 0.25) is 0 Å². The molecule has 4 rings (SSSR count). The molecule has 0 unspecified atom stereocenters. The standard InChI is InChI=1S/C15H21N3O2S.C2HF3O2/c19-15(10-3-4-10)17-11-8-18(9-13-16-5-7-21-13)12-2-1-6-20-14(11)12;3-2(4,5)1(6)7/h5,7,10-12,14H,1-4,6,8-9H2,(H,17,19);(H,6,7)/t11-,12-,14-;/m1./s1. The Balaban J connectivity index is 0.000000279. The number of nitrogens with one attached hydrogen (secondary N) is 1. The molecule has 11 heteroatoms. The lowest BCUT2D eigenvalue weighted by molar-refractivity contribution is -0.192. The van der Waals surface area contributed by atoms with Crippen molar-refractivity contribution < 1.29 is 32.6 Å². The number of aromatic nitrogens is 1. The molecule has 3 aliphatic rings. The van der Waals surface area contributed by atoms with Crippen LogP contribution in [-0.2, 0) is 20.9 Å². The fourth-order valence-corrected chi connectivity index (χ4v) is 4.16. The van der Waals surface area contributed by atoms with Crippen LogP contribution in [0.5, 0.6) is 0 Å². The van der Waals surface area contributed by atoms with E-state index in [1.54, 1.807) is 11.3 Å². The molecule has 7 nitrogen and oxygen atoms in total. The Morgan fingerprint density at radius 2 is 2.07 bits per heavy atom. The zero-order chi connectivity index (χ0) is 20.3. The molecule has 0 spiro atoms. The van der Waals surface area contributed by atoms with Crippen LogP contribution in [0.1, 0.15) is 30.7 Å². The maximum Gasteiger partial charge on any atom is 0.490 e. The number of thiazole rings is 1. The Hall–Kier alpha value is -1.72. The van der Waals surface area contributed by atoms with Crippen LogP contribution in [0.25, 0.3) is 0 Å². The highest BCUT2D eigenvalue weighted by molar-refractivity contribution is 7.09. The summed E-state index contributed by atoms with van der Waals surface area (Å²) in [7, 11) is 0. The zero-order valence-electron chi connectivity index (χ0n) is 15.0. The Morgan fingerprint density at radius 3 is 2.64 bits per heavy atom. The number of aliphatic carboxylic acids is 1. The molecule has 0 radical (unpaired) electrons.